The van der Waals surface area contributed by atoms with Gasteiger partial charge in [-0.1, -0.05) is 44.5 Å². The van der Waals surface area contributed by atoms with Crippen molar-refractivity contribution in [2.75, 3.05) is 6.54 Å². The molecule has 1 amide bonds. The molecule has 1 aliphatic carbocycles. The highest BCUT2D eigenvalue weighted by atomic mass is 19.3. The first-order valence-electron chi connectivity index (χ1n) is 9.63. The second kappa shape index (κ2) is 6.14. The highest BCUT2D eigenvalue weighted by molar-refractivity contribution is 5.94. The number of halogens is 2. The number of alkyl halides is 2. The third kappa shape index (κ3) is 2.77. The van der Waals surface area contributed by atoms with Crippen LogP contribution in [0.1, 0.15) is 61.4 Å². The number of amides is 1. The van der Waals surface area contributed by atoms with Crippen molar-refractivity contribution in [3.05, 3.63) is 41.3 Å². The van der Waals surface area contributed by atoms with Crippen molar-refractivity contribution < 1.29 is 13.6 Å². The first-order valence-corrected chi connectivity index (χ1v) is 9.63. The van der Waals surface area contributed by atoms with Gasteiger partial charge >= 0.3 is 0 Å². The molecule has 6 heteroatoms. The third-order valence-corrected chi connectivity index (χ3v) is 5.99. The van der Waals surface area contributed by atoms with E-state index < -0.39 is 11.3 Å². The normalized spacial score (nSPS) is 18.1. The van der Waals surface area contributed by atoms with Crippen molar-refractivity contribution in [2.24, 2.45) is 5.41 Å². The van der Waals surface area contributed by atoms with Gasteiger partial charge in [0.15, 0.2) is 0 Å². The third-order valence-electron chi connectivity index (χ3n) is 5.99. The summed E-state index contributed by atoms with van der Waals surface area (Å²) >= 11 is 0. The van der Waals surface area contributed by atoms with Gasteiger partial charge in [-0.05, 0) is 26.2 Å². The smallest absolute Gasteiger partial charge is 0.291 e. The van der Waals surface area contributed by atoms with Crippen molar-refractivity contribution in [1.82, 2.24) is 14.5 Å². The van der Waals surface area contributed by atoms with Crippen LogP contribution in [0.3, 0.4) is 0 Å². The van der Waals surface area contributed by atoms with Gasteiger partial charge in [-0.3, -0.25) is 4.79 Å². The molecule has 1 aliphatic heterocycles. The Balaban J connectivity index is 1.64. The van der Waals surface area contributed by atoms with Gasteiger partial charge in [0.1, 0.15) is 0 Å². The Morgan fingerprint density at radius 1 is 1.22 bits per heavy atom. The van der Waals surface area contributed by atoms with Gasteiger partial charge in [0, 0.05) is 23.1 Å². The molecule has 0 unspecified atom stereocenters. The number of benzene rings is 1. The summed E-state index contributed by atoms with van der Waals surface area (Å²) in [5.74, 6) is -2.42. The highest BCUT2D eigenvalue weighted by Crippen LogP contribution is 2.61. The lowest BCUT2D eigenvalue weighted by Gasteiger charge is -2.23. The fraction of sp³-hybridized carbons (Fsp3) is 0.524. The Morgan fingerprint density at radius 3 is 2.48 bits per heavy atom. The maximum atomic E-state index is 14.7. The van der Waals surface area contributed by atoms with E-state index in [0.29, 0.717) is 31.9 Å². The summed E-state index contributed by atoms with van der Waals surface area (Å²) in [5.41, 5.74) is 1.56. The quantitative estimate of drug-likeness (QED) is 0.717. The van der Waals surface area contributed by atoms with Crippen molar-refractivity contribution in [2.45, 2.75) is 59.0 Å². The van der Waals surface area contributed by atoms with Crippen LogP contribution in [0.25, 0.3) is 11.3 Å². The molecular formula is C21H25F2N3O. The number of hydrogen-bond donors (Lipinski definition) is 0. The van der Waals surface area contributed by atoms with Gasteiger partial charge in [-0.25, -0.2) is 13.8 Å². The monoisotopic (exact) mass is 373 g/mol. The molecule has 2 aliphatic rings. The Kier molecular flexibility index (Phi) is 4.13. The van der Waals surface area contributed by atoms with E-state index in [4.69, 9.17) is 0 Å². The molecule has 0 atom stereocenters. The second-order valence-electron chi connectivity index (χ2n) is 8.07. The maximum Gasteiger partial charge on any atom is 0.291 e. The summed E-state index contributed by atoms with van der Waals surface area (Å²) in [6, 6.07) is 6.49. The zero-order valence-electron chi connectivity index (χ0n) is 16.1. The van der Waals surface area contributed by atoms with E-state index in [1.807, 2.05) is 11.5 Å². The van der Waals surface area contributed by atoms with Gasteiger partial charge in [-0.2, -0.15) is 0 Å². The molecule has 1 saturated carbocycles. The minimum atomic E-state index is -2.81. The number of fused-ring (bicyclic) bond motifs is 1. The fourth-order valence-electron chi connectivity index (χ4n) is 3.82. The number of nitrogens with zero attached hydrogens (tertiary/aromatic N) is 3. The fourth-order valence-corrected chi connectivity index (χ4v) is 3.82. The van der Waals surface area contributed by atoms with Crippen molar-refractivity contribution in [1.29, 1.82) is 0 Å². The van der Waals surface area contributed by atoms with E-state index in [9.17, 15) is 13.6 Å². The predicted molar refractivity (Wildman–Crippen MR) is 99.6 cm³/mol. The van der Waals surface area contributed by atoms with E-state index >= 15 is 0 Å². The average Bonchev–Trinajstić information content (AvgIpc) is 3.23. The van der Waals surface area contributed by atoms with E-state index in [1.165, 1.54) is 12.1 Å². The number of rotatable bonds is 6. The number of aromatic nitrogens is 2. The number of aryl methyl sites for hydroxylation is 1. The van der Waals surface area contributed by atoms with Gasteiger partial charge in [-0.15, -0.1) is 0 Å². The maximum absolute atomic E-state index is 14.7. The molecular weight excluding hydrogens is 348 g/mol. The highest BCUT2D eigenvalue weighted by Gasteiger charge is 2.58. The largest absolute Gasteiger partial charge is 0.318 e. The predicted octanol–water partition coefficient (Wildman–Crippen LogP) is 4.96. The van der Waals surface area contributed by atoms with E-state index in [-0.39, 0.29) is 11.5 Å². The van der Waals surface area contributed by atoms with Gasteiger partial charge in [0.2, 0.25) is 5.82 Å². The van der Waals surface area contributed by atoms with Crippen LogP contribution in [0.2, 0.25) is 0 Å². The average molecular weight is 373 g/mol. The minimum absolute atomic E-state index is 0.0531. The second-order valence-corrected chi connectivity index (χ2v) is 8.07. The lowest BCUT2D eigenvalue weighted by atomic mass is 9.92. The van der Waals surface area contributed by atoms with E-state index in [0.717, 1.165) is 29.8 Å². The molecule has 27 heavy (non-hydrogen) atoms. The van der Waals surface area contributed by atoms with Crippen LogP contribution in [0.4, 0.5) is 8.78 Å². The Labute approximate surface area is 158 Å². The number of hydrogen-bond acceptors (Lipinski definition) is 2. The van der Waals surface area contributed by atoms with Crippen LogP contribution >= 0.6 is 0 Å². The van der Waals surface area contributed by atoms with Crippen molar-refractivity contribution in [3.8, 4) is 11.3 Å². The zero-order chi connectivity index (χ0) is 19.4. The molecule has 4 rings (SSSR count). The molecule has 144 valence electrons. The summed E-state index contributed by atoms with van der Waals surface area (Å²) in [6.07, 6.45) is 3.10. The first kappa shape index (κ1) is 18.1. The Bertz CT molecular complexity index is 882. The molecule has 1 aromatic heterocycles. The topological polar surface area (TPSA) is 38.1 Å². The van der Waals surface area contributed by atoms with Gasteiger partial charge < -0.3 is 9.47 Å². The zero-order valence-corrected chi connectivity index (χ0v) is 16.1. The molecule has 0 N–H and O–H groups in total. The molecule has 0 bridgehead atoms. The van der Waals surface area contributed by atoms with Crippen LogP contribution in [-0.4, -0.2) is 26.9 Å². The number of carbonyl (C=O) groups excluding carboxylic acids is 1. The molecule has 0 spiro atoms. The number of carbonyl (C=O) groups is 1. The van der Waals surface area contributed by atoms with E-state index in [1.54, 1.807) is 24.0 Å². The minimum Gasteiger partial charge on any atom is -0.318 e. The van der Waals surface area contributed by atoms with Crippen LogP contribution in [0.15, 0.2) is 24.3 Å². The number of unbranched alkanes of at least 4 members (excludes halogenated alkanes) is 1. The molecule has 0 saturated heterocycles. The summed E-state index contributed by atoms with van der Waals surface area (Å²) in [6.45, 7) is 6.78. The molecule has 1 aromatic carbocycles. The summed E-state index contributed by atoms with van der Waals surface area (Å²) < 4.78 is 31.2. The van der Waals surface area contributed by atoms with Crippen LogP contribution in [-0.2, 0) is 12.6 Å². The van der Waals surface area contributed by atoms with Crippen LogP contribution in [0, 0.1) is 12.3 Å². The lowest BCUT2D eigenvalue weighted by Crippen LogP contribution is -2.26. The van der Waals surface area contributed by atoms with Crippen molar-refractivity contribution >= 4 is 5.91 Å². The first-order chi connectivity index (χ1) is 12.8. The molecule has 1 fully saturated rings. The molecule has 0 radical (unpaired) electrons. The Morgan fingerprint density at radius 2 is 1.89 bits per heavy atom. The van der Waals surface area contributed by atoms with E-state index in [2.05, 4.69) is 11.9 Å². The van der Waals surface area contributed by atoms with Crippen LogP contribution in [0.5, 0.6) is 0 Å². The molecule has 2 aromatic rings. The lowest BCUT2D eigenvalue weighted by molar-refractivity contribution is -0.0724. The molecule has 2 heterocycles. The summed E-state index contributed by atoms with van der Waals surface area (Å²) in [5, 5.41) is 0. The van der Waals surface area contributed by atoms with Crippen molar-refractivity contribution in [3.63, 3.8) is 0 Å². The number of imidazole rings is 1. The SMILES string of the molecule is CCCCN1Cn2c(nc(C)c2-c2ccc(C(F)(F)C3(C)CC3)cc2)C1=O. The standard InChI is InChI=1S/C21H25F2N3O/c1-4-5-12-25-13-26-17(14(2)24-18(26)19(25)27)15-6-8-16(9-7-15)21(22,23)20(3)10-11-20/h6-9H,4-5,10-13H2,1-3H3. The molecule has 4 nitrogen and oxygen atoms in total. The summed E-state index contributed by atoms with van der Waals surface area (Å²) in [7, 11) is 0. The Hall–Kier alpha value is -2.24. The van der Waals surface area contributed by atoms with Gasteiger partial charge in [0.05, 0.1) is 18.1 Å². The van der Waals surface area contributed by atoms with Crippen LogP contribution < -0.4 is 0 Å². The summed E-state index contributed by atoms with van der Waals surface area (Å²) in [4.78, 5) is 18.8. The van der Waals surface area contributed by atoms with Gasteiger partial charge in [0.25, 0.3) is 11.8 Å².